The molecule has 0 spiro atoms. The second-order valence-corrected chi connectivity index (χ2v) is 5.80. The third-order valence-electron chi connectivity index (χ3n) is 4.01. The lowest BCUT2D eigenvalue weighted by Gasteiger charge is -2.27. The minimum atomic E-state index is -0.145. The maximum absolute atomic E-state index is 12.1. The molecule has 0 bridgehead atoms. The molecule has 4 N–H and O–H groups in total. The van der Waals surface area contributed by atoms with Gasteiger partial charge in [-0.15, -0.1) is 0 Å². The van der Waals surface area contributed by atoms with Gasteiger partial charge < -0.3 is 11.1 Å². The van der Waals surface area contributed by atoms with E-state index in [2.05, 4.69) is 22.2 Å². The summed E-state index contributed by atoms with van der Waals surface area (Å²) in [5, 5.41) is 3.90. The zero-order valence-electron chi connectivity index (χ0n) is 11.6. The zero-order chi connectivity index (χ0) is 14.1. The van der Waals surface area contributed by atoms with Crippen molar-refractivity contribution in [2.75, 3.05) is 11.1 Å². The quantitative estimate of drug-likeness (QED) is 0.733. The van der Waals surface area contributed by atoms with E-state index in [0.717, 1.165) is 18.8 Å². The van der Waals surface area contributed by atoms with Gasteiger partial charge in [0, 0.05) is 11.7 Å². The van der Waals surface area contributed by atoms with Crippen LogP contribution >= 0.6 is 0 Å². The summed E-state index contributed by atoms with van der Waals surface area (Å²) in [6.45, 7) is 2.27. The molecule has 1 aliphatic carbocycles. The highest BCUT2D eigenvalue weighted by atomic mass is 16.1. The molecule has 5 nitrogen and oxygen atoms in total. The molecular weight excluding hydrogens is 252 g/mol. The number of hydrogen-bond acceptors (Lipinski definition) is 4. The van der Waals surface area contributed by atoms with E-state index in [1.54, 1.807) is 18.2 Å². The molecule has 0 aliphatic heterocycles. The van der Waals surface area contributed by atoms with Crippen molar-refractivity contribution in [3.63, 3.8) is 0 Å². The molecule has 1 aromatic heterocycles. The van der Waals surface area contributed by atoms with Crippen LogP contribution < -0.4 is 16.6 Å². The van der Waals surface area contributed by atoms with Crippen LogP contribution in [0.25, 0.3) is 10.9 Å². The molecule has 5 heteroatoms. The minimum absolute atomic E-state index is 0.145. The van der Waals surface area contributed by atoms with Crippen molar-refractivity contribution in [3.8, 4) is 0 Å². The van der Waals surface area contributed by atoms with Crippen molar-refractivity contribution in [2.45, 2.75) is 38.6 Å². The molecule has 1 aliphatic rings. The summed E-state index contributed by atoms with van der Waals surface area (Å²) in [5.41, 5.74) is 6.81. The molecule has 0 saturated heterocycles. The van der Waals surface area contributed by atoms with Crippen LogP contribution in [0.5, 0.6) is 0 Å². The Bertz CT molecular complexity index is 679. The average molecular weight is 272 g/mol. The van der Waals surface area contributed by atoms with Gasteiger partial charge in [0.05, 0.1) is 10.9 Å². The van der Waals surface area contributed by atoms with Crippen LogP contribution in [0.15, 0.2) is 23.0 Å². The fraction of sp³-hybridized carbons (Fsp3) is 0.467. The SMILES string of the molecule is CC1CCCC(Nc2nc3ccc(N)cc3c(=O)[nH]2)C1. The monoisotopic (exact) mass is 272 g/mol. The Balaban J connectivity index is 1.89. The number of nitrogens with two attached hydrogens (primary N) is 1. The van der Waals surface area contributed by atoms with Crippen LogP contribution in [0.1, 0.15) is 32.6 Å². The van der Waals surface area contributed by atoms with E-state index in [-0.39, 0.29) is 5.56 Å². The number of nitrogens with one attached hydrogen (secondary N) is 2. The number of nitrogen functional groups attached to an aromatic ring is 1. The first-order chi connectivity index (χ1) is 9.61. The van der Waals surface area contributed by atoms with Gasteiger partial charge >= 0.3 is 0 Å². The standard InChI is InChI=1S/C15H20N4O/c1-9-3-2-4-11(7-9)17-15-18-13-6-5-10(16)8-12(13)14(20)19-15/h5-6,8-9,11H,2-4,7,16H2,1H3,(H2,17,18,19,20). The fourth-order valence-corrected chi connectivity index (χ4v) is 2.98. The van der Waals surface area contributed by atoms with Gasteiger partial charge in [-0.1, -0.05) is 19.8 Å². The smallest absolute Gasteiger partial charge is 0.260 e. The third-order valence-corrected chi connectivity index (χ3v) is 4.01. The maximum atomic E-state index is 12.1. The van der Waals surface area contributed by atoms with Gasteiger partial charge in [-0.25, -0.2) is 4.98 Å². The lowest BCUT2D eigenvalue weighted by molar-refractivity contribution is 0.357. The van der Waals surface area contributed by atoms with E-state index in [0.29, 0.717) is 28.6 Å². The molecule has 1 fully saturated rings. The Hall–Kier alpha value is -2.04. The summed E-state index contributed by atoms with van der Waals surface area (Å²) >= 11 is 0. The Labute approximate surface area is 117 Å². The third kappa shape index (κ3) is 2.61. The molecule has 2 aromatic rings. The largest absolute Gasteiger partial charge is 0.399 e. The van der Waals surface area contributed by atoms with Gasteiger partial charge in [-0.2, -0.15) is 0 Å². The second-order valence-electron chi connectivity index (χ2n) is 5.80. The van der Waals surface area contributed by atoms with Crippen molar-refractivity contribution < 1.29 is 0 Å². The lowest BCUT2D eigenvalue weighted by atomic mass is 9.87. The molecule has 106 valence electrons. The van der Waals surface area contributed by atoms with Crippen LogP contribution in [0, 0.1) is 5.92 Å². The first-order valence-electron chi connectivity index (χ1n) is 7.18. The number of hydrogen-bond donors (Lipinski definition) is 3. The number of rotatable bonds is 2. The van der Waals surface area contributed by atoms with Crippen LogP contribution in [0.4, 0.5) is 11.6 Å². The van der Waals surface area contributed by atoms with Gasteiger partial charge in [0.2, 0.25) is 5.95 Å². The van der Waals surface area contributed by atoms with E-state index < -0.39 is 0 Å². The highest BCUT2D eigenvalue weighted by Gasteiger charge is 2.19. The predicted octanol–water partition coefficient (Wildman–Crippen LogP) is 2.50. The van der Waals surface area contributed by atoms with E-state index in [9.17, 15) is 4.79 Å². The molecule has 2 unspecified atom stereocenters. The van der Waals surface area contributed by atoms with E-state index in [1.165, 1.54) is 12.8 Å². The molecular formula is C15H20N4O. The highest BCUT2D eigenvalue weighted by Crippen LogP contribution is 2.25. The fourth-order valence-electron chi connectivity index (χ4n) is 2.98. The van der Waals surface area contributed by atoms with Crippen molar-refractivity contribution >= 4 is 22.5 Å². The number of nitrogens with zero attached hydrogens (tertiary/aromatic N) is 1. The summed E-state index contributed by atoms with van der Waals surface area (Å²) in [4.78, 5) is 19.3. The van der Waals surface area contributed by atoms with E-state index in [1.807, 2.05) is 0 Å². The number of anilines is 2. The lowest BCUT2D eigenvalue weighted by Crippen LogP contribution is -2.28. The molecule has 1 heterocycles. The Morgan fingerprint density at radius 2 is 2.25 bits per heavy atom. The van der Waals surface area contributed by atoms with Crippen LogP contribution in [0.2, 0.25) is 0 Å². The van der Waals surface area contributed by atoms with Gasteiger partial charge in [0.15, 0.2) is 0 Å². The van der Waals surface area contributed by atoms with Crippen molar-refractivity contribution in [3.05, 3.63) is 28.6 Å². The van der Waals surface area contributed by atoms with Gasteiger partial charge in [0.1, 0.15) is 0 Å². The summed E-state index contributed by atoms with van der Waals surface area (Å²) in [6, 6.07) is 5.61. The topological polar surface area (TPSA) is 83.8 Å². The van der Waals surface area contributed by atoms with Crippen LogP contribution in [-0.4, -0.2) is 16.0 Å². The second kappa shape index (κ2) is 5.15. The van der Waals surface area contributed by atoms with Gasteiger partial charge in [-0.05, 0) is 37.0 Å². The van der Waals surface area contributed by atoms with Crippen molar-refractivity contribution in [2.24, 2.45) is 5.92 Å². The number of aromatic nitrogens is 2. The summed E-state index contributed by atoms with van der Waals surface area (Å²) < 4.78 is 0. The Morgan fingerprint density at radius 3 is 3.05 bits per heavy atom. The zero-order valence-corrected chi connectivity index (χ0v) is 11.6. The highest BCUT2D eigenvalue weighted by molar-refractivity contribution is 5.81. The Kier molecular flexibility index (Phi) is 3.34. The summed E-state index contributed by atoms with van der Waals surface area (Å²) in [5.74, 6) is 1.29. The first-order valence-corrected chi connectivity index (χ1v) is 7.18. The van der Waals surface area contributed by atoms with Gasteiger partial charge in [0.25, 0.3) is 5.56 Å². The summed E-state index contributed by atoms with van der Waals surface area (Å²) in [7, 11) is 0. The number of fused-ring (bicyclic) bond motifs is 1. The van der Waals surface area contributed by atoms with Crippen molar-refractivity contribution in [1.82, 2.24) is 9.97 Å². The molecule has 3 rings (SSSR count). The first kappa shape index (κ1) is 13.0. The predicted molar refractivity (Wildman–Crippen MR) is 81.8 cm³/mol. The average Bonchev–Trinajstić information content (AvgIpc) is 2.40. The van der Waals surface area contributed by atoms with E-state index >= 15 is 0 Å². The van der Waals surface area contributed by atoms with Crippen molar-refractivity contribution in [1.29, 1.82) is 0 Å². The Morgan fingerprint density at radius 1 is 1.40 bits per heavy atom. The molecule has 0 amide bonds. The molecule has 2 atom stereocenters. The molecule has 1 aromatic carbocycles. The molecule has 0 radical (unpaired) electrons. The van der Waals surface area contributed by atoms with E-state index in [4.69, 9.17) is 5.73 Å². The van der Waals surface area contributed by atoms with Crippen LogP contribution in [-0.2, 0) is 0 Å². The molecule has 1 saturated carbocycles. The van der Waals surface area contributed by atoms with Crippen LogP contribution in [0.3, 0.4) is 0 Å². The normalized spacial score (nSPS) is 22.9. The van der Waals surface area contributed by atoms with Gasteiger partial charge in [-0.3, -0.25) is 9.78 Å². The summed E-state index contributed by atoms with van der Waals surface area (Å²) in [6.07, 6.45) is 4.78. The molecule has 20 heavy (non-hydrogen) atoms. The maximum Gasteiger partial charge on any atom is 0.260 e. The number of aromatic amines is 1. The number of H-pyrrole nitrogens is 1. The minimum Gasteiger partial charge on any atom is -0.399 e. The number of benzene rings is 1.